The zero-order valence-corrected chi connectivity index (χ0v) is 16.3. The minimum absolute atomic E-state index is 0.258. The molecule has 0 amide bonds. The van der Waals surface area contributed by atoms with Gasteiger partial charge in [0.25, 0.3) is 0 Å². The highest BCUT2D eigenvalue weighted by atomic mass is 15.3. The summed E-state index contributed by atoms with van der Waals surface area (Å²) in [5.41, 5.74) is 4.49. The molecule has 6 nitrogen and oxygen atoms in total. The first-order valence-corrected chi connectivity index (χ1v) is 10.1. The Morgan fingerprint density at radius 2 is 1.89 bits per heavy atom. The van der Waals surface area contributed by atoms with Crippen molar-refractivity contribution in [3.63, 3.8) is 0 Å². The quantitative estimate of drug-likeness (QED) is 0.761. The molecule has 1 spiro atoms. The van der Waals surface area contributed by atoms with Crippen LogP contribution in [0.25, 0.3) is 0 Å². The third-order valence-corrected chi connectivity index (χ3v) is 6.37. The van der Waals surface area contributed by atoms with E-state index in [9.17, 15) is 0 Å². The fraction of sp³-hybridized carbons (Fsp3) is 0.409. The summed E-state index contributed by atoms with van der Waals surface area (Å²) in [5, 5.41) is 8.08. The summed E-state index contributed by atoms with van der Waals surface area (Å²) in [4.78, 5) is 11.2. The minimum Gasteiger partial charge on any atom is -0.341 e. The summed E-state index contributed by atoms with van der Waals surface area (Å²) in [6.45, 7) is 2.87. The van der Waals surface area contributed by atoms with Crippen LogP contribution in [0.1, 0.15) is 42.0 Å². The van der Waals surface area contributed by atoms with Crippen LogP contribution in [0.2, 0.25) is 0 Å². The van der Waals surface area contributed by atoms with Crippen molar-refractivity contribution < 1.29 is 0 Å². The fourth-order valence-electron chi connectivity index (χ4n) is 4.94. The van der Waals surface area contributed by atoms with E-state index in [0.29, 0.717) is 6.04 Å². The summed E-state index contributed by atoms with van der Waals surface area (Å²) in [6, 6.07) is 11.3. The van der Waals surface area contributed by atoms with Crippen molar-refractivity contribution in [2.45, 2.75) is 37.3 Å². The van der Waals surface area contributed by atoms with Crippen LogP contribution in [-0.2, 0) is 19.0 Å². The molecule has 2 aliphatic rings. The Morgan fingerprint density at radius 3 is 2.64 bits per heavy atom. The van der Waals surface area contributed by atoms with Crippen LogP contribution in [0, 0.1) is 0 Å². The predicted molar refractivity (Wildman–Crippen MR) is 109 cm³/mol. The molecular formula is C22H26N6. The second-order valence-corrected chi connectivity index (χ2v) is 8.06. The van der Waals surface area contributed by atoms with E-state index in [1.807, 2.05) is 36.4 Å². The molecular weight excluding hydrogens is 348 g/mol. The maximum Gasteiger partial charge on any atom is 0.225 e. The van der Waals surface area contributed by atoms with Gasteiger partial charge in [-0.1, -0.05) is 24.3 Å². The number of hydrogen-bond acceptors (Lipinski definition) is 5. The van der Waals surface area contributed by atoms with E-state index in [0.717, 1.165) is 44.8 Å². The molecule has 1 fully saturated rings. The average molecular weight is 374 g/mol. The second-order valence-electron chi connectivity index (χ2n) is 8.06. The molecule has 3 heterocycles. The van der Waals surface area contributed by atoms with E-state index >= 15 is 0 Å². The van der Waals surface area contributed by atoms with Crippen molar-refractivity contribution in [1.82, 2.24) is 25.1 Å². The highest BCUT2D eigenvalue weighted by molar-refractivity contribution is 5.44. The average Bonchev–Trinajstić information content (AvgIpc) is 3.29. The van der Waals surface area contributed by atoms with Crippen molar-refractivity contribution >= 4 is 5.95 Å². The van der Waals surface area contributed by atoms with Gasteiger partial charge < -0.3 is 10.2 Å². The predicted octanol–water partition coefficient (Wildman–Crippen LogP) is 2.98. The fourth-order valence-corrected chi connectivity index (χ4v) is 4.94. The standard InChI is InChI=1S/C22H26N6/c1-27-16-17(15-26-27)14-25-20-13-22(19-6-3-2-5-18(19)20)7-11-28(12-8-22)21-23-9-4-10-24-21/h2-6,9-10,15-16,20,25H,7-8,11-14H2,1H3. The molecule has 28 heavy (non-hydrogen) atoms. The van der Waals surface area contributed by atoms with Crippen LogP contribution in [0.5, 0.6) is 0 Å². The molecule has 1 unspecified atom stereocenters. The summed E-state index contributed by atoms with van der Waals surface area (Å²) in [6.07, 6.45) is 11.1. The second kappa shape index (κ2) is 7.02. The first-order chi connectivity index (χ1) is 13.7. The van der Waals surface area contributed by atoms with Gasteiger partial charge in [0.05, 0.1) is 6.20 Å². The lowest BCUT2D eigenvalue weighted by Crippen LogP contribution is -2.42. The molecule has 0 bridgehead atoms. The van der Waals surface area contributed by atoms with Crippen molar-refractivity contribution in [1.29, 1.82) is 0 Å². The molecule has 1 atom stereocenters. The lowest BCUT2D eigenvalue weighted by atomic mass is 9.73. The summed E-state index contributed by atoms with van der Waals surface area (Å²) in [5.74, 6) is 0.856. The first kappa shape index (κ1) is 17.4. The van der Waals surface area contributed by atoms with Crippen LogP contribution < -0.4 is 10.2 Å². The molecule has 5 rings (SSSR count). The molecule has 3 aromatic rings. The van der Waals surface area contributed by atoms with Gasteiger partial charge in [-0.15, -0.1) is 0 Å². The van der Waals surface area contributed by atoms with Gasteiger partial charge in [0.1, 0.15) is 0 Å². The van der Waals surface area contributed by atoms with E-state index < -0.39 is 0 Å². The van der Waals surface area contributed by atoms with Crippen LogP contribution >= 0.6 is 0 Å². The Balaban J connectivity index is 1.33. The van der Waals surface area contributed by atoms with E-state index in [4.69, 9.17) is 0 Å². The zero-order chi connectivity index (χ0) is 19.0. The molecule has 1 aromatic carbocycles. The van der Waals surface area contributed by atoms with Crippen LogP contribution in [0.3, 0.4) is 0 Å². The number of nitrogens with zero attached hydrogens (tertiary/aromatic N) is 5. The van der Waals surface area contributed by atoms with E-state index in [-0.39, 0.29) is 5.41 Å². The third kappa shape index (κ3) is 3.07. The Kier molecular flexibility index (Phi) is 4.36. The lowest BCUT2D eigenvalue weighted by Gasteiger charge is -2.40. The van der Waals surface area contributed by atoms with Gasteiger partial charge >= 0.3 is 0 Å². The number of benzene rings is 1. The number of aromatic nitrogens is 4. The van der Waals surface area contributed by atoms with Crippen molar-refractivity contribution in [3.8, 4) is 0 Å². The Labute approximate surface area is 165 Å². The zero-order valence-electron chi connectivity index (χ0n) is 16.3. The van der Waals surface area contributed by atoms with E-state index in [1.165, 1.54) is 16.7 Å². The van der Waals surface area contributed by atoms with Crippen molar-refractivity contribution in [2.75, 3.05) is 18.0 Å². The number of nitrogens with one attached hydrogen (secondary N) is 1. The highest BCUT2D eigenvalue weighted by Crippen LogP contribution is 2.50. The van der Waals surface area contributed by atoms with Crippen molar-refractivity contribution in [2.24, 2.45) is 7.05 Å². The number of piperidine rings is 1. The first-order valence-electron chi connectivity index (χ1n) is 10.1. The number of aryl methyl sites for hydroxylation is 1. The largest absolute Gasteiger partial charge is 0.341 e. The molecule has 0 saturated carbocycles. The SMILES string of the molecule is Cn1cc(CNC2CC3(CCN(c4ncccn4)CC3)c3ccccc32)cn1. The Bertz CT molecular complexity index is 942. The van der Waals surface area contributed by atoms with Gasteiger partial charge in [0, 0.05) is 62.3 Å². The van der Waals surface area contributed by atoms with Crippen molar-refractivity contribution in [3.05, 3.63) is 71.8 Å². The number of hydrogen-bond donors (Lipinski definition) is 1. The van der Waals surface area contributed by atoms with Gasteiger partial charge in [0.2, 0.25) is 5.95 Å². The number of anilines is 1. The van der Waals surface area contributed by atoms with Crippen LogP contribution in [-0.4, -0.2) is 32.8 Å². The topological polar surface area (TPSA) is 58.9 Å². The molecule has 1 aliphatic heterocycles. The van der Waals surface area contributed by atoms with Gasteiger partial charge in [-0.05, 0) is 36.5 Å². The summed E-state index contributed by atoms with van der Waals surface area (Å²) >= 11 is 0. The normalized spacial score (nSPS) is 20.5. The summed E-state index contributed by atoms with van der Waals surface area (Å²) < 4.78 is 1.86. The Morgan fingerprint density at radius 1 is 1.11 bits per heavy atom. The molecule has 0 radical (unpaired) electrons. The maximum absolute atomic E-state index is 4.44. The third-order valence-electron chi connectivity index (χ3n) is 6.37. The molecule has 1 N–H and O–H groups in total. The molecule has 2 aromatic heterocycles. The highest BCUT2D eigenvalue weighted by Gasteiger charge is 2.45. The molecule has 144 valence electrons. The van der Waals surface area contributed by atoms with Gasteiger partial charge in [-0.3, -0.25) is 4.68 Å². The number of rotatable bonds is 4. The van der Waals surface area contributed by atoms with Gasteiger partial charge in [-0.2, -0.15) is 5.10 Å². The monoisotopic (exact) mass is 374 g/mol. The summed E-state index contributed by atoms with van der Waals surface area (Å²) in [7, 11) is 1.97. The van der Waals surface area contributed by atoms with Crippen LogP contribution in [0.15, 0.2) is 55.1 Å². The van der Waals surface area contributed by atoms with E-state index in [1.54, 1.807) is 0 Å². The maximum atomic E-state index is 4.44. The van der Waals surface area contributed by atoms with Gasteiger partial charge in [-0.25, -0.2) is 9.97 Å². The Hall–Kier alpha value is -2.73. The van der Waals surface area contributed by atoms with Crippen LogP contribution in [0.4, 0.5) is 5.95 Å². The number of fused-ring (bicyclic) bond motifs is 2. The lowest BCUT2D eigenvalue weighted by molar-refractivity contribution is 0.299. The molecule has 1 saturated heterocycles. The minimum atomic E-state index is 0.258. The molecule has 6 heteroatoms. The smallest absolute Gasteiger partial charge is 0.225 e. The molecule has 1 aliphatic carbocycles. The van der Waals surface area contributed by atoms with Gasteiger partial charge in [0.15, 0.2) is 0 Å². The van der Waals surface area contributed by atoms with E-state index in [2.05, 4.69) is 55.7 Å².